The van der Waals surface area contributed by atoms with Gasteiger partial charge in [-0.25, -0.2) is 9.18 Å². The summed E-state index contributed by atoms with van der Waals surface area (Å²) in [6.07, 6.45) is 0.247. The van der Waals surface area contributed by atoms with Gasteiger partial charge in [0.1, 0.15) is 5.82 Å². The number of aldehydes is 1. The van der Waals surface area contributed by atoms with E-state index >= 15 is 0 Å². The highest BCUT2D eigenvalue weighted by Crippen LogP contribution is 2.18. The topological polar surface area (TPSA) is 67.8 Å². The predicted molar refractivity (Wildman–Crippen MR) is 65.2 cm³/mol. The summed E-state index contributed by atoms with van der Waals surface area (Å²) in [5.41, 5.74) is 2.17. The normalized spacial score (nSPS) is 10.9. The first-order chi connectivity index (χ1) is 8.58. The van der Waals surface area contributed by atoms with Crippen LogP contribution < -0.4 is 5.43 Å². The molecule has 5 nitrogen and oxygen atoms in total. The number of halogens is 2. The van der Waals surface area contributed by atoms with Gasteiger partial charge in [0, 0.05) is 6.07 Å². The summed E-state index contributed by atoms with van der Waals surface area (Å²) in [5.74, 6) is -1.49. The molecule has 0 saturated carbocycles. The van der Waals surface area contributed by atoms with Crippen LogP contribution in [0.3, 0.4) is 0 Å². The van der Waals surface area contributed by atoms with Crippen molar-refractivity contribution in [2.75, 3.05) is 12.0 Å². The van der Waals surface area contributed by atoms with Crippen molar-refractivity contribution in [3.63, 3.8) is 0 Å². The Hall–Kier alpha value is -1.95. The van der Waals surface area contributed by atoms with E-state index in [0.717, 1.165) is 6.07 Å². The van der Waals surface area contributed by atoms with Gasteiger partial charge in [0.2, 0.25) is 5.71 Å². The van der Waals surface area contributed by atoms with Gasteiger partial charge < -0.3 is 4.74 Å². The minimum absolute atomic E-state index is 0.0365. The zero-order valence-electron chi connectivity index (χ0n) is 9.44. The molecule has 1 rings (SSSR count). The maximum absolute atomic E-state index is 13.1. The molecule has 0 spiro atoms. The van der Waals surface area contributed by atoms with Crippen molar-refractivity contribution < 1.29 is 18.7 Å². The highest BCUT2D eigenvalue weighted by molar-refractivity contribution is 6.58. The Labute approximate surface area is 108 Å². The van der Waals surface area contributed by atoms with E-state index in [0.29, 0.717) is 0 Å². The molecule has 0 fully saturated rings. The van der Waals surface area contributed by atoms with Gasteiger partial charge >= 0.3 is 5.97 Å². The second kappa shape index (κ2) is 6.70. The van der Waals surface area contributed by atoms with Gasteiger partial charge in [0.25, 0.3) is 0 Å². The van der Waals surface area contributed by atoms with Gasteiger partial charge in [0.15, 0.2) is 6.29 Å². The van der Waals surface area contributed by atoms with E-state index in [9.17, 15) is 14.0 Å². The highest BCUT2D eigenvalue weighted by Gasteiger charge is 2.11. The van der Waals surface area contributed by atoms with Crippen LogP contribution in [0.2, 0.25) is 5.02 Å². The Kier molecular flexibility index (Phi) is 5.26. The smallest absolute Gasteiger partial charge is 0.362 e. The third-order valence-corrected chi connectivity index (χ3v) is 2.13. The molecule has 1 N–H and O–H groups in total. The number of hydrazone groups is 1. The SMILES string of the molecule is CCOC(=O)/C(C=O)=N/Nc1ccc(Cl)c(F)c1. The van der Waals surface area contributed by atoms with E-state index in [1.54, 1.807) is 6.92 Å². The summed E-state index contributed by atoms with van der Waals surface area (Å²) in [4.78, 5) is 21.8. The van der Waals surface area contributed by atoms with Crippen molar-refractivity contribution in [1.82, 2.24) is 0 Å². The van der Waals surface area contributed by atoms with Crippen LogP contribution >= 0.6 is 11.6 Å². The summed E-state index contributed by atoms with van der Waals surface area (Å²) >= 11 is 5.49. The van der Waals surface area contributed by atoms with E-state index in [2.05, 4.69) is 15.3 Å². The van der Waals surface area contributed by atoms with Crippen molar-refractivity contribution in [2.45, 2.75) is 6.92 Å². The Balaban J connectivity index is 2.79. The van der Waals surface area contributed by atoms with E-state index in [1.807, 2.05) is 0 Å². The molecular weight excluding hydrogens is 263 g/mol. The number of anilines is 1. The summed E-state index contributed by atoms with van der Waals surface area (Å²) in [6.45, 7) is 1.73. The first-order valence-corrected chi connectivity index (χ1v) is 5.37. The van der Waals surface area contributed by atoms with Crippen molar-refractivity contribution in [1.29, 1.82) is 0 Å². The minimum Gasteiger partial charge on any atom is -0.461 e. The van der Waals surface area contributed by atoms with Crippen molar-refractivity contribution in [2.24, 2.45) is 5.10 Å². The molecule has 1 aromatic carbocycles. The van der Waals surface area contributed by atoms with E-state index in [4.69, 9.17) is 11.6 Å². The van der Waals surface area contributed by atoms with Crippen LogP contribution in [0.15, 0.2) is 23.3 Å². The average Bonchev–Trinajstić information content (AvgIpc) is 2.34. The highest BCUT2D eigenvalue weighted by atomic mass is 35.5. The van der Waals surface area contributed by atoms with Gasteiger partial charge in [-0.1, -0.05) is 11.6 Å². The van der Waals surface area contributed by atoms with Crippen LogP contribution in [-0.4, -0.2) is 24.6 Å². The average molecular weight is 273 g/mol. The number of nitrogens with one attached hydrogen (secondary N) is 1. The lowest BCUT2D eigenvalue weighted by Crippen LogP contribution is -2.20. The van der Waals surface area contributed by atoms with Gasteiger partial charge in [0.05, 0.1) is 17.3 Å². The lowest BCUT2D eigenvalue weighted by atomic mass is 10.3. The molecule has 1 aromatic rings. The van der Waals surface area contributed by atoms with Gasteiger partial charge in [-0.2, -0.15) is 5.10 Å². The Morgan fingerprint density at radius 1 is 1.61 bits per heavy atom. The van der Waals surface area contributed by atoms with E-state index < -0.39 is 17.5 Å². The molecular formula is C11H10ClFN2O3. The fourth-order valence-corrected chi connectivity index (χ4v) is 1.13. The molecule has 0 aromatic heterocycles. The van der Waals surface area contributed by atoms with Gasteiger partial charge in [-0.05, 0) is 19.1 Å². The monoisotopic (exact) mass is 272 g/mol. The molecule has 0 radical (unpaired) electrons. The quantitative estimate of drug-likeness (QED) is 0.293. The number of rotatable bonds is 5. The lowest BCUT2D eigenvalue weighted by Gasteiger charge is -2.03. The molecule has 0 saturated heterocycles. The van der Waals surface area contributed by atoms with Gasteiger partial charge in [-0.15, -0.1) is 0 Å². The van der Waals surface area contributed by atoms with Crippen LogP contribution in [0.1, 0.15) is 6.92 Å². The maximum atomic E-state index is 13.1. The number of nitrogens with zero attached hydrogens (tertiary/aromatic N) is 1. The molecule has 0 bridgehead atoms. The van der Waals surface area contributed by atoms with E-state index in [-0.39, 0.29) is 23.6 Å². The lowest BCUT2D eigenvalue weighted by molar-refractivity contribution is -0.135. The molecule has 0 unspecified atom stereocenters. The second-order valence-electron chi connectivity index (χ2n) is 3.08. The molecule has 0 aliphatic carbocycles. The fourth-order valence-electron chi connectivity index (χ4n) is 1.02. The van der Waals surface area contributed by atoms with Gasteiger partial charge in [-0.3, -0.25) is 10.2 Å². The summed E-state index contributed by atoms with van der Waals surface area (Å²) in [5, 5.41) is 3.48. The number of esters is 1. The number of ether oxygens (including phenoxy) is 1. The standard InChI is InChI=1S/C11H10ClFN2O3/c1-2-18-11(17)10(6-16)15-14-7-3-4-8(12)9(13)5-7/h3-6,14H,2H2,1H3/b15-10+. The third kappa shape index (κ3) is 3.81. The first-order valence-electron chi connectivity index (χ1n) is 4.99. The van der Waals surface area contributed by atoms with Crippen molar-refractivity contribution >= 4 is 35.3 Å². The largest absolute Gasteiger partial charge is 0.461 e. The predicted octanol–water partition coefficient (Wildman–Crippen LogP) is 2.01. The third-order valence-electron chi connectivity index (χ3n) is 1.82. The molecule has 0 amide bonds. The molecule has 18 heavy (non-hydrogen) atoms. The van der Waals surface area contributed by atoms with Crippen LogP contribution in [-0.2, 0) is 14.3 Å². The fraction of sp³-hybridized carbons (Fsp3) is 0.182. The van der Waals surface area contributed by atoms with E-state index in [1.165, 1.54) is 12.1 Å². The van der Waals surface area contributed by atoms with Crippen molar-refractivity contribution in [3.05, 3.63) is 29.0 Å². The maximum Gasteiger partial charge on any atom is 0.362 e. The minimum atomic E-state index is -0.852. The number of carbonyl (C=O) groups is 2. The number of carbonyl (C=O) groups excluding carboxylic acids is 2. The summed E-state index contributed by atoms with van der Waals surface area (Å²) in [6, 6.07) is 3.85. The molecule has 0 atom stereocenters. The zero-order chi connectivity index (χ0) is 13.5. The van der Waals surface area contributed by atoms with Crippen LogP contribution in [0.4, 0.5) is 10.1 Å². The first kappa shape index (κ1) is 14.1. The number of benzene rings is 1. The summed E-state index contributed by atoms with van der Waals surface area (Å²) < 4.78 is 17.7. The molecule has 96 valence electrons. The molecule has 0 aliphatic rings. The van der Waals surface area contributed by atoms with Crippen LogP contribution in [0, 0.1) is 5.82 Å². The Morgan fingerprint density at radius 2 is 2.33 bits per heavy atom. The Morgan fingerprint density at radius 3 is 2.89 bits per heavy atom. The summed E-state index contributed by atoms with van der Waals surface area (Å²) in [7, 11) is 0. The molecule has 0 aliphatic heterocycles. The zero-order valence-corrected chi connectivity index (χ0v) is 10.2. The number of hydrogen-bond donors (Lipinski definition) is 1. The Bertz CT molecular complexity index is 491. The number of hydrogen-bond acceptors (Lipinski definition) is 5. The van der Waals surface area contributed by atoms with Crippen LogP contribution in [0.25, 0.3) is 0 Å². The second-order valence-corrected chi connectivity index (χ2v) is 3.48. The molecule has 7 heteroatoms. The van der Waals surface area contributed by atoms with Crippen LogP contribution in [0.5, 0.6) is 0 Å². The molecule has 0 heterocycles. The van der Waals surface area contributed by atoms with Crippen molar-refractivity contribution in [3.8, 4) is 0 Å².